The number of rotatable bonds is 0. The van der Waals surface area contributed by atoms with Gasteiger partial charge in [-0.1, -0.05) is 12.2 Å². The van der Waals surface area contributed by atoms with E-state index in [1.807, 2.05) is 25.4 Å². The highest BCUT2D eigenvalue weighted by Gasteiger charge is 2.39. The molecule has 0 aromatic rings. The van der Waals surface area contributed by atoms with E-state index in [9.17, 15) is 0 Å². The third kappa shape index (κ3) is 0.754. The van der Waals surface area contributed by atoms with Crippen molar-refractivity contribution in [1.29, 1.82) is 0 Å². The Morgan fingerprint density at radius 3 is 3.22 bits per heavy atom. The van der Waals surface area contributed by atoms with Gasteiger partial charge in [-0.15, -0.1) is 0 Å². The van der Waals surface area contributed by atoms with Crippen LogP contribution in [0, 0.1) is 0 Å². The lowest BCUT2D eigenvalue weighted by Gasteiger charge is -2.07. The molecule has 0 saturated carbocycles. The molecule has 1 saturated heterocycles. The van der Waals surface area contributed by atoms with Crippen molar-refractivity contribution in [2.75, 3.05) is 7.05 Å². The summed E-state index contributed by atoms with van der Waals surface area (Å²) >= 11 is 0. The van der Waals surface area contributed by atoms with E-state index in [-0.39, 0.29) is 0 Å². The first kappa shape index (κ1) is 5.06. The molecule has 48 valence electrons. The summed E-state index contributed by atoms with van der Waals surface area (Å²) in [6.07, 6.45) is 8.81. The zero-order valence-corrected chi connectivity index (χ0v) is 5.32. The number of epoxide rings is 1. The van der Waals surface area contributed by atoms with E-state index in [1.165, 1.54) is 0 Å². The minimum Gasteiger partial charge on any atom is -0.353 e. The molecule has 0 amide bonds. The van der Waals surface area contributed by atoms with Gasteiger partial charge in [0.25, 0.3) is 0 Å². The molecular weight excluding hydrogens is 114 g/mol. The number of hydrogen-bond acceptors (Lipinski definition) is 2. The Bertz CT molecular complexity index is 174. The highest BCUT2D eigenvalue weighted by molar-refractivity contribution is 5.14. The molecule has 2 unspecified atom stereocenters. The molecule has 0 aliphatic carbocycles. The summed E-state index contributed by atoms with van der Waals surface area (Å²) in [7, 11) is 2.02. The molecule has 0 aromatic carbocycles. The van der Waals surface area contributed by atoms with Gasteiger partial charge in [0, 0.05) is 13.2 Å². The monoisotopic (exact) mass is 123 g/mol. The van der Waals surface area contributed by atoms with Gasteiger partial charge in [0.05, 0.1) is 0 Å². The van der Waals surface area contributed by atoms with Crippen LogP contribution in [0.25, 0.3) is 0 Å². The summed E-state index contributed by atoms with van der Waals surface area (Å²) in [6, 6.07) is 0. The normalized spacial score (nSPS) is 38.1. The maximum Gasteiger partial charge on any atom is 0.160 e. The molecule has 9 heavy (non-hydrogen) atoms. The quantitative estimate of drug-likeness (QED) is 0.441. The molecule has 2 nitrogen and oxygen atoms in total. The van der Waals surface area contributed by atoms with Gasteiger partial charge in [-0.3, -0.25) is 0 Å². The maximum atomic E-state index is 5.26. The van der Waals surface area contributed by atoms with Gasteiger partial charge in [-0.25, -0.2) is 0 Å². The molecule has 0 bridgehead atoms. The van der Waals surface area contributed by atoms with Gasteiger partial charge < -0.3 is 9.64 Å². The zero-order chi connectivity index (χ0) is 6.27. The molecule has 2 rings (SSSR count). The van der Waals surface area contributed by atoms with Crippen molar-refractivity contribution in [2.45, 2.75) is 12.3 Å². The average molecular weight is 123 g/mol. The van der Waals surface area contributed by atoms with Gasteiger partial charge in [0.2, 0.25) is 0 Å². The van der Waals surface area contributed by atoms with E-state index in [1.54, 1.807) is 0 Å². The van der Waals surface area contributed by atoms with E-state index in [2.05, 4.69) is 11.0 Å². The van der Waals surface area contributed by atoms with E-state index in [4.69, 9.17) is 4.74 Å². The number of nitrogens with zero attached hydrogens (tertiary/aromatic N) is 1. The minimum absolute atomic E-state index is 0.319. The van der Waals surface area contributed by atoms with E-state index in [0.717, 1.165) is 0 Å². The van der Waals surface area contributed by atoms with Crippen LogP contribution in [-0.4, -0.2) is 24.3 Å². The molecule has 2 heterocycles. The second-order valence-corrected chi connectivity index (χ2v) is 2.38. The van der Waals surface area contributed by atoms with Crippen LogP contribution >= 0.6 is 0 Å². The number of allylic oxidation sites excluding steroid dienone is 2. The largest absolute Gasteiger partial charge is 0.353 e. The third-order valence-electron chi connectivity index (χ3n) is 1.64. The Hall–Kier alpha value is -0.760. The zero-order valence-electron chi connectivity index (χ0n) is 5.32. The van der Waals surface area contributed by atoms with Crippen molar-refractivity contribution in [1.82, 2.24) is 4.90 Å². The van der Waals surface area contributed by atoms with Gasteiger partial charge in [0.15, 0.2) is 6.23 Å². The van der Waals surface area contributed by atoms with Crippen LogP contribution < -0.4 is 0 Å². The number of hydrogen-bond donors (Lipinski definition) is 0. The molecular formula is C7H9NO. The van der Waals surface area contributed by atoms with E-state index < -0.39 is 0 Å². The summed E-state index contributed by atoms with van der Waals surface area (Å²) in [5, 5.41) is 0. The molecule has 2 aliphatic rings. The summed E-state index contributed by atoms with van der Waals surface area (Å²) < 4.78 is 5.26. The van der Waals surface area contributed by atoms with Gasteiger partial charge in [-0.05, 0) is 6.08 Å². The Balaban J connectivity index is 2.17. The molecule has 0 N–H and O–H groups in total. The van der Waals surface area contributed by atoms with Crippen molar-refractivity contribution in [3.8, 4) is 0 Å². The standard InChI is InChI=1S/C7H9NO/c1-8-5-3-2-4-6-7(8)9-6/h2-7H,1H3. The van der Waals surface area contributed by atoms with Crippen molar-refractivity contribution < 1.29 is 4.74 Å². The number of fused-ring (bicyclic) bond motifs is 1. The van der Waals surface area contributed by atoms with Gasteiger partial charge in [0.1, 0.15) is 6.10 Å². The van der Waals surface area contributed by atoms with Crippen LogP contribution in [0.2, 0.25) is 0 Å². The third-order valence-corrected chi connectivity index (χ3v) is 1.64. The topological polar surface area (TPSA) is 15.8 Å². The molecule has 2 atom stereocenters. The Labute approximate surface area is 54.4 Å². The fourth-order valence-corrected chi connectivity index (χ4v) is 1.03. The molecule has 0 radical (unpaired) electrons. The van der Waals surface area contributed by atoms with Crippen LogP contribution in [0.1, 0.15) is 0 Å². The van der Waals surface area contributed by atoms with Crippen molar-refractivity contribution >= 4 is 0 Å². The van der Waals surface area contributed by atoms with Crippen molar-refractivity contribution in [3.05, 3.63) is 24.4 Å². The van der Waals surface area contributed by atoms with E-state index >= 15 is 0 Å². The molecule has 1 fully saturated rings. The summed E-state index contributed by atoms with van der Waals surface area (Å²) in [4.78, 5) is 2.07. The van der Waals surface area contributed by atoms with Crippen LogP contribution in [0.4, 0.5) is 0 Å². The predicted octanol–water partition coefficient (Wildman–Crippen LogP) is 0.727. The number of ether oxygens (including phenoxy) is 1. The minimum atomic E-state index is 0.319. The Kier molecular flexibility index (Phi) is 0.904. The molecule has 2 heteroatoms. The molecule has 0 spiro atoms. The van der Waals surface area contributed by atoms with Crippen LogP contribution in [-0.2, 0) is 4.74 Å². The van der Waals surface area contributed by atoms with Gasteiger partial charge in [-0.2, -0.15) is 0 Å². The first-order valence-corrected chi connectivity index (χ1v) is 3.10. The fourth-order valence-electron chi connectivity index (χ4n) is 1.03. The first-order chi connectivity index (χ1) is 4.38. The second-order valence-electron chi connectivity index (χ2n) is 2.38. The summed E-state index contributed by atoms with van der Waals surface area (Å²) in [6.45, 7) is 0. The molecule has 0 aromatic heterocycles. The van der Waals surface area contributed by atoms with Crippen LogP contribution in [0.3, 0.4) is 0 Å². The summed E-state index contributed by atoms with van der Waals surface area (Å²) in [5.74, 6) is 0. The maximum absolute atomic E-state index is 5.26. The Morgan fingerprint density at radius 2 is 2.33 bits per heavy atom. The predicted molar refractivity (Wildman–Crippen MR) is 34.7 cm³/mol. The molecule has 2 aliphatic heterocycles. The SMILES string of the molecule is CN1C=CC=CC2OC21. The first-order valence-electron chi connectivity index (χ1n) is 3.10. The lowest BCUT2D eigenvalue weighted by atomic mass is 10.4. The van der Waals surface area contributed by atoms with E-state index in [0.29, 0.717) is 12.3 Å². The highest BCUT2D eigenvalue weighted by Crippen LogP contribution is 2.27. The van der Waals surface area contributed by atoms with Gasteiger partial charge >= 0.3 is 0 Å². The van der Waals surface area contributed by atoms with Crippen LogP contribution in [0.5, 0.6) is 0 Å². The van der Waals surface area contributed by atoms with Crippen molar-refractivity contribution in [3.63, 3.8) is 0 Å². The summed E-state index contributed by atoms with van der Waals surface area (Å²) in [5.41, 5.74) is 0. The number of likely N-dealkylation sites (N-methyl/N-ethyl adjacent to an activating group) is 1. The average Bonchev–Trinajstić information content (AvgIpc) is 2.55. The van der Waals surface area contributed by atoms with Crippen LogP contribution in [0.15, 0.2) is 24.4 Å². The lowest BCUT2D eigenvalue weighted by molar-refractivity contribution is 0.268. The van der Waals surface area contributed by atoms with Crippen molar-refractivity contribution in [2.24, 2.45) is 0 Å². The highest BCUT2D eigenvalue weighted by atomic mass is 16.6. The second kappa shape index (κ2) is 1.61. The smallest absolute Gasteiger partial charge is 0.160 e. The fraction of sp³-hybridized carbons (Fsp3) is 0.429. The lowest BCUT2D eigenvalue weighted by Crippen LogP contribution is -2.15. The Morgan fingerprint density at radius 1 is 1.44 bits per heavy atom.